The van der Waals surface area contributed by atoms with Gasteiger partial charge in [0, 0.05) is 17.7 Å². The van der Waals surface area contributed by atoms with Gasteiger partial charge in [0.2, 0.25) is 5.91 Å². The molecule has 1 rings (SSSR count). The van der Waals surface area contributed by atoms with Gasteiger partial charge in [-0.1, -0.05) is 0 Å². The molecule has 3 N–H and O–H groups in total. The Morgan fingerprint density at radius 1 is 1.30 bits per heavy atom. The number of hydrogen-bond acceptors (Lipinski definition) is 4. The number of amides is 2. The molecule has 0 atom stereocenters. The van der Waals surface area contributed by atoms with E-state index < -0.39 is 11.4 Å². The maximum Gasteiger partial charge on any atom is 0.263 e. The molecule has 1 saturated heterocycles. The highest BCUT2D eigenvalue weighted by Gasteiger charge is 2.21. The number of carbonyl (C=O) groups is 2. The van der Waals surface area contributed by atoms with Gasteiger partial charge in [0.15, 0.2) is 0 Å². The molecule has 6 nitrogen and oxygen atoms in total. The fourth-order valence-corrected chi connectivity index (χ4v) is 1.90. The summed E-state index contributed by atoms with van der Waals surface area (Å²) in [5.74, 6) is -0.675. The molecule has 0 aliphatic carbocycles. The summed E-state index contributed by atoms with van der Waals surface area (Å²) < 4.78 is 0. The lowest BCUT2D eigenvalue weighted by Gasteiger charge is -2.21. The van der Waals surface area contributed by atoms with Gasteiger partial charge < -0.3 is 16.0 Å². The second-order valence-electron chi connectivity index (χ2n) is 5.91. The molecule has 0 saturated carbocycles. The average molecular weight is 278 g/mol. The van der Waals surface area contributed by atoms with Crippen molar-refractivity contribution < 1.29 is 9.59 Å². The van der Waals surface area contributed by atoms with Crippen LogP contribution in [0, 0.1) is 17.2 Å². The maximum absolute atomic E-state index is 11.9. The van der Waals surface area contributed by atoms with Crippen LogP contribution in [0.1, 0.15) is 33.6 Å². The molecule has 1 heterocycles. The standard InChI is InChI=1S/C14H22N4O2/c1-14(2,3)18-13(20)11(8-15)9-17-12(19)10-4-6-16-7-5-10/h9-10,16H,4-7H2,1-3H3,(H,17,19)(H,18,20)/b11-9-. The van der Waals surface area contributed by atoms with E-state index in [9.17, 15) is 9.59 Å². The van der Waals surface area contributed by atoms with Crippen molar-refractivity contribution >= 4 is 11.8 Å². The van der Waals surface area contributed by atoms with Gasteiger partial charge in [-0.15, -0.1) is 0 Å². The molecule has 1 aliphatic heterocycles. The summed E-state index contributed by atoms with van der Waals surface area (Å²) in [5, 5.41) is 17.4. The van der Waals surface area contributed by atoms with Crippen molar-refractivity contribution in [3.8, 4) is 6.07 Å². The number of carbonyl (C=O) groups excluding carboxylic acids is 2. The first-order valence-electron chi connectivity index (χ1n) is 6.77. The smallest absolute Gasteiger partial charge is 0.263 e. The third-order valence-electron chi connectivity index (χ3n) is 2.92. The first-order chi connectivity index (χ1) is 9.33. The summed E-state index contributed by atoms with van der Waals surface area (Å²) >= 11 is 0. The largest absolute Gasteiger partial charge is 0.347 e. The molecule has 0 aromatic heterocycles. The molecule has 1 fully saturated rings. The van der Waals surface area contributed by atoms with Crippen LogP contribution in [0.25, 0.3) is 0 Å². The Kier molecular flexibility index (Phi) is 5.71. The SMILES string of the molecule is CC(C)(C)NC(=O)/C(C#N)=C\NC(=O)C1CCNCC1. The van der Waals surface area contributed by atoms with Crippen LogP contribution in [0.2, 0.25) is 0 Å². The number of piperidine rings is 1. The van der Waals surface area contributed by atoms with Gasteiger partial charge in [0.25, 0.3) is 5.91 Å². The van der Waals surface area contributed by atoms with E-state index in [2.05, 4.69) is 16.0 Å². The number of nitrogens with zero attached hydrogens (tertiary/aromatic N) is 1. The van der Waals surface area contributed by atoms with Crippen LogP contribution in [-0.2, 0) is 9.59 Å². The zero-order valence-electron chi connectivity index (χ0n) is 12.2. The summed E-state index contributed by atoms with van der Waals surface area (Å²) in [6, 6.07) is 1.80. The highest BCUT2D eigenvalue weighted by Crippen LogP contribution is 2.11. The number of nitriles is 1. The zero-order chi connectivity index (χ0) is 15.2. The summed E-state index contributed by atoms with van der Waals surface area (Å²) in [6.07, 6.45) is 2.75. The molecular weight excluding hydrogens is 256 g/mol. The maximum atomic E-state index is 11.9. The van der Waals surface area contributed by atoms with Gasteiger partial charge in [-0.05, 0) is 46.7 Å². The lowest BCUT2D eigenvalue weighted by Crippen LogP contribution is -2.42. The van der Waals surface area contributed by atoms with Gasteiger partial charge in [-0.2, -0.15) is 5.26 Å². The third kappa shape index (κ3) is 5.41. The average Bonchev–Trinajstić information content (AvgIpc) is 2.38. The first kappa shape index (κ1) is 16.2. The van der Waals surface area contributed by atoms with E-state index in [0.717, 1.165) is 25.9 Å². The normalized spacial score (nSPS) is 17.2. The van der Waals surface area contributed by atoms with E-state index in [0.29, 0.717) is 0 Å². The number of nitrogens with one attached hydrogen (secondary N) is 3. The summed E-state index contributed by atoms with van der Waals surface area (Å²) in [5.41, 5.74) is -0.520. The van der Waals surface area contributed by atoms with Crippen molar-refractivity contribution in [2.45, 2.75) is 39.2 Å². The van der Waals surface area contributed by atoms with E-state index in [1.165, 1.54) is 6.20 Å². The molecule has 1 aliphatic rings. The summed E-state index contributed by atoms with van der Waals surface area (Å²) in [6.45, 7) is 7.11. The Bertz CT molecular complexity index is 437. The Morgan fingerprint density at radius 2 is 1.90 bits per heavy atom. The van der Waals surface area contributed by atoms with Crippen LogP contribution >= 0.6 is 0 Å². The predicted molar refractivity (Wildman–Crippen MR) is 75.3 cm³/mol. The monoisotopic (exact) mass is 278 g/mol. The lowest BCUT2D eigenvalue weighted by molar-refractivity contribution is -0.124. The van der Waals surface area contributed by atoms with Crippen molar-refractivity contribution in [1.82, 2.24) is 16.0 Å². The van der Waals surface area contributed by atoms with Crippen LogP contribution < -0.4 is 16.0 Å². The summed E-state index contributed by atoms with van der Waals surface area (Å²) in [7, 11) is 0. The topological polar surface area (TPSA) is 94.0 Å². The van der Waals surface area contributed by atoms with Gasteiger partial charge in [-0.3, -0.25) is 9.59 Å². The van der Waals surface area contributed by atoms with Gasteiger partial charge >= 0.3 is 0 Å². The molecule has 0 aromatic carbocycles. The van der Waals surface area contributed by atoms with E-state index in [1.807, 2.05) is 20.8 Å². The van der Waals surface area contributed by atoms with Crippen LogP contribution in [-0.4, -0.2) is 30.4 Å². The summed E-state index contributed by atoms with van der Waals surface area (Å²) in [4.78, 5) is 23.7. The Hall–Kier alpha value is -1.87. The van der Waals surface area contributed by atoms with Crippen LogP contribution in [0.15, 0.2) is 11.8 Å². The second kappa shape index (κ2) is 7.06. The molecule has 0 radical (unpaired) electrons. The molecule has 2 amide bonds. The Morgan fingerprint density at radius 3 is 2.40 bits per heavy atom. The van der Waals surface area contributed by atoms with Crippen LogP contribution in [0.3, 0.4) is 0 Å². The first-order valence-corrected chi connectivity index (χ1v) is 6.77. The minimum Gasteiger partial charge on any atom is -0.347 e. The quantitative estimate of drug-likeness (QED) is 0.515. The van der Waals surface area contributed by atoms with E-state index >= 15 is 0 Å². The molecule has 0 bridgehead atoms. The molecule has 0 aromatic rings. The minimum atomic E-state index is -0.481. The van der Waals surface area contributed by atoms with Gasteiger partial charge in [0.05, 0.1) is 0 Å². The van der Waals surface area contributed by atoms with Crippen molar-refractivity contribution in [2.75, 3.05) is 13.1 Å². The van der Waals surface area contributed by atoms with Crippen LogP contribution in [0.5, 0.6) is 0 Å². The van der Waals surface area contributed by atoms with Crippen molar-refractivity contribution in [3.63, 3.8) is 0 Å². The van der Waals surface area contributed by atoms with E-state index in [1.54, 1.807) is 6.07 Å². The fraction of sp³-hybridized carbons (Fsp3) is 0.643. The Labute approximate surface area is 119 Å². The molecule has 0 spiro atoms. The molecule has 20 heavy (non-hydrogen) atoms. The van der Waals surface area contributed by atoms with E-state index in [4.69, 9.17) is 5.26 Å². The van der Waals surface area contributed by atoms with Crippen molar-refractivity contribution in [1.29, 1.82) is 5.26 Å². The molecular formula is C14H22N4O2. The second-order valence-corrected chi connectivity index (χ2v) is 5.91. The fourth-order valence-electron chi connectivity index (χ4n) is 1.90. The highest BCUT2D eigenvalue weighted by molar-refractivity contribution is 5.98. The van der Waals surface area contributed by atoms with Gasteiger partial charge in [0.1, 0.15) is 11.6 Å². The minimum absolute atomic E-state index is 0.0573. The third-order valence-corrected chi connectivity index (χ3v) is 2.92. The molecule has 0 unspecified atom stereocenters. The predicted octanol–water partition coefficient (Wildman–Crippen LogP) is 0.424. The number of rotatable bonds is 3. The van der Waals surface area contributed by atoms with Crippen LogP contribution in [0.4, 0.5) is 0 Å². The Balaban J connectivity index is 2.59. The lowest BCUT2D eigenvalue weighted by atomic mass is 9.97. The number of hydrogen-bond donors (Lipinski definition) is 3. The zero-order valence-corrected chi connectivity index (χ0v) is 12.2. The van der Waals surface area contributed by atoms with Crippen molar-refractivity contribution in [3.05, 3.63) is 11.8 Å². The van der Waals surface area contributed by atoms with Crippen molar-refractivity contribution in [2.24, 2.45) is 5.92 Å². The highest BCUT2D eigenvalue weighted by atomic mass is 16.2. The van der Waals surface area contributed by atoms with E-state index in [-0.39, 0.29) is 17.4 Å². The molecule has 6 heteroatoms. The van der Waals surface area contributed by atoms with Gasteiger partial charge in [-0.25, -0.2) is 0 Å². The molecule has 110 valence electrons.